The van der Waals surface area contributed by atoms with E-state index in [4.69, 9.17) is 0 Å². The minimum atomic E-state index is -1.21. The van der Waals surface area contributed by atoms with Gasteiger partial charge in [-0.2, -0.15) is 0 Å². The molecule has 8 rings (SSSR count). The zero-order valence-electron chi connectivity index (χ0n) is 29.6. The molecular weight excluding hydrogens is 779 g/mol. The number of aryl methyl sites for hydroxylation is 4. The molecule has 0 N–H and O–H groups in total. The first kappa shape index (κ1) is 38.0. The molecule has 2 aliphatic rings. The van der Waals surface area contributed by atoms with Crippen molar-refractivity contribution >= 4 is 34.8 Å². The van der Waals surface area contributed by atoms with Gasteiger partial charge in [0.05, 0.1) is 0 Å². The van der Waals surface area contributed by atoms with E-state index < -0.39 is 23.2 Å². The van der Waals surface area contributed by atoms with Crippen LogP contribution in [0.15, 0.2) is 116 Å². The molecule has 51 heavy (non-hydrogen) atoms. The van der Waals surface area contributed by atoms with Gasteiger partial charge in [-0.05, 0) is 0 Å². The fourth-order valence-electron chi connectivity index (χ4n) is 7.80. The second-order valence-electron chi connectivity index (χ2n) is 13.6. The minimum absolute atomic E-state index is 0. The van der Waals surface area contributed by atoms with Crippen LogP contribution in [0.2, 0.25) is 0 Å². The van der Waals surface area contributed by atoms with Crippen LogP contribution in [0, 0.1) is 13.8 Å². The monoisotopic (exact) mass is 818 g/mol. The van der Waals surface area contributed by atoms with E-state index in [0.717, 1.165) is 12.8 Å². The van der Waals surface area contributed by atoms with Crippen molar-refractivity contribution < 1.29 is 48.0 Å². The summed E-state index contributed by atoms with van der Waals surface area (Å²) in [5, 5.41) is 0. The standard InChI is InChI=1S/2C23H21S.2ClH.Zr/c2*1-3-5-17-9-11-18(12-10-17)19-6-4-7-20-21(19)13-14-22(20)23-15-8-16(2)24-23;;;/h2*4,6-13,15,22H,3,5H2,1-2H3;2*1H;/q;;;;+2/p-2. The Bertz CT molecular complexity index is 2040. The summed E-state index contributed by atoms with van der Waals surface area (Å²) >= 11 is 2.75. The fraction of sp³-hybridized carbons (Fsp3) is 0.217. The Balaban J connectivity index is 0.00000224. The second kappa shape index (κ2) is 16.5. The molecular formula is C46H42Cl2S2Zr. The molecule has 256 valence electrons. The molecule has 0 fully saturated rings. The van der Waals surface area contributed by atoms with Crippen molar-refractivity contribution in [3.8, 4) is 22.3 Å². The van der Waals surface area contributed by atoms with Gasteiger partial charge in [-0.15, -0.1) is 0 Å². The molecule has 0 bridgehead atoms. The maximum absolute atomic E-state index is 2.63. The van der Waals surface area contributed by atoms with Crippen LogP contribution in [0.1, 0.15) is 91.4 Å². The van der Waals surface area contributed by atoms with E-state index in [2.05, 4.69) is 149 Å². The van der Waals surface area contributed by atoms with Crippen molar-refractivity contribution in [2.75, 3.05) is 0 Å². The number of halogens is 2. The average molecular weight is 821 g/mol. The molecule has 0 nitrogen and oxygen atoms in total. The van der Waals surface area contributed by atoms with Crippen molar-refractivity contribution in [2.45, 2.75) is 65.2 Å². The van der Waals surface area contributed by atoms with Crippen molar-refractivity contribution in [2.24, 2.45) is 0 Å². The molecule has 0 saturated heterocycles. The van der Waals surface area contributed by atoms with Crippen LogP contribution >= 0.6 is 22.7 Å². The molecule has 0 radical (unpaired) electrons. The Morgan fingerprint density at radius 1 is 0.510 bits per heavy atom. The predicted octanol–water partition coefficient (Wildman–Crippen LogP) is 7.43. The molecule has 2 aliphatic carbocycles. The van der Waals surface area contributed by atoms with Gasteiger partial charge in [0.25, 0.3) is 0 Å². The number of fused-ring (bicyclic) bond motifs is 2. The predicted molar refractivity (Wildman–Crippen MR) is 209 cm³/mol. The van der Waals surface area contributed by atoms with E-state index in [1.54, 1.807) is 6.56 Å². The van der Waals surface area contributed by atoms with Crippen molar-refractivity contribution in [1.29, 1.82) is 0 Å². The van der Waals surface area contributed by atoms with Gasteiger partial charge in [-0.25, -0.2) is 0 Å². The zero-order valence-corrected chi connectivity index (χ0v) is 35.2. The quantitative estimate of drug-likeness (QED) is 0.135. The summed E-state index contributed by atoms with van der Waals surface area (Å²) in [7, 11) is 0. The summed E-state index contributed by atoms with van der Waals surface area (Å²) in [4.78, 5) is 5.77. The summed E-state index contributed by atoms with van der Waals surface area (Å²) in [6, 6.07) is 42.2. The van der Waals surface area contributed by atoms with Gasteiger partial charge in [0.2, 0.25) is 0 Å². The van der Waals surface area contributed by atoms with Crippen LogP contribution in [0.25, 0.3) is 34.4 Å². The Kier molecular flexibility index (Phi) is 12.3. The number of hydrogen-bond donors (Lipinski definition) is 0. The third-order valence-corrected chi connectivity index (χ3v) is 15.8. The molecule has 0 amide bonds. The smallest absolute Gasteiger partial charge is 1.00 e. The minimum Gasteiger partial charge on any atom is -1.00 e. The van der Waals surface area contributed by atoms with E-state index in [0.29, 0.717) is 11.8 Å². The van der Waals surface area contributed by atoms with Crippen LogP contribution in [0.5, 0.6) is 0 Å². The first-order valence-electron chi connectivity index (χ1n) is 17.8. The van der Waals surface area contributed by atoms with Crippen LogP contribution in [0.3, 0.4) is 0 Å². The van der Waals surface area contributed by atoms with E-state index >= 15 is 0 Å². The molecule has 5 heteroatoms. The molecule has 4 aromatic carbocycles. The van der Waals surface area contributed by atoms with E-state index in [1.807, 2.05) is 22.7 Å². The summed E-state index contributed by atoms with van der Waals surface area (Å²) in [5.74, 6) is 0.695. The molecule has 6 aromatic rings. The largest absolute Gasteiger partial charge is 1.00 e. The fourth-order valence-corrected chi connectivity index (χ4v) is 14.5. The van der Waals surface area contributed by atoms with Gasteiger partial charge in [-0.3, -0.25) is 0 Å². The third kappa shape index (κ3) is 7.53. The first-order chi connectivity index (χ1) is 24.0. The van der Waals surface area contributed by atoms with Crippen LogP contribution in [0.4, 0.5) is 0 Å². The van der Waals surface area contributed by atoms with Crippen molar-refractivity contribution in [1.82, 2.24) is 0 Å². The number of allylic oxidation sites excluding steroid dienone is 2. The van der Waals surface area contributed by atoms with E-state index in [1.165, 1.54) is 88.0 Å². The molecule has 2 atom stereocenters. The number of thiophene rings is 2. The summed E-state index contributed by atoms with van der Waals surface area (Å²) in [5.41, 5.74) is 14.1. The molecule has 2 aromatic heterocycles. The van der Waals surface area contributed by atoms with Gasteiger partial charge >= 0.3 is 314 Å². The normalized spacial score (nSPS) is 15.6. The topological polar surface area (TPSA) is 0 Å². The summed E-state index contributed by atoms with van der Waals surface area (Å²) in [6.45, 7) is 9.03. The van der Waals surface area contributed by atoms with E-state index in [9.17, 15) is 0 Å². The molecule has 0 saturated carbocycles. The number of rotatable bonds is 10. The SMILES string of the molecule is CCCc1ccc(-c2cccc3c2C=[C]([Zr+2][C]2=Cc4c(-c5ccc(CCC)cc5)cccc4C2c2ccc(C)s2)C3c2ccc(C)s2)cc1.[Cl-].[Cl-]. The Hall–Kier alpha value is -2.78. The van der Waals surface area contributed by atoms with E-state index in [-0.39, 0.29) is 24.8 Å². The summed E-state index contributed by atoms with van der Waals surface area (Å²) < 4.78 is 3.36. The van der Waals surface area contributed by atoms with Crippen molar-refractivity contribution in [3.63, 3.8) is 0 Å². The third-order valence-electron chi connectivity index (χ3n) is 10.1. The zero-order chi connectivity index (χ0) is 33.5. The van der Waals surface area contributed by atoms with Crippen LogP contribution in [-0.4, -0.2) is 0 Å². The van der Waals surface area contributed by atoms with Crippen molar-refractivity contribution in [3.05, 3.63) is 169 Å². The maximum Gasteiger partial charge on any atom is -1.00 e. The van der Waals surface area contributed by atoms with Crippen LogP contribution < -0.4 is 24.8 Å². The Labute approximate surface area is 336 Å². The van der Waals surface area contributed by atoms with Gasteiger partial charge < -0.3 is 24.8 Å². The molecule has 2 unspecified atom stereocenters. The first-order valence-corrected chi connectivity index (χ1v) is 21.9. The second-order valence-corrected chi connectivity index (χ2v) is 19.7. The Morgan fingerprint density at radius 2 is 0.922 bits per heavy atom. The van der Waals surface area contributed by atoms with Gasteiger partial charge in [-0.1, -0.05) is 0 Å². The van der Waals surface area contributed by atoms with Gasteiger partial charge in [0.15, 0.2) is 0 Å². The van der Waals surface area contributed by atoms with Crippen LogP contribution in [-0.2, 0) is 36.1 Å². The number of benzene rings is 4. The number of hydrogen-bond acceptors (Lipinski definition) is 2. The summed E-state index contributed by atoms with van der Waals surface area (Å²) in [6.07, 6.45) is 9.89. The molecule has 2 heterocycles. The molecule has 0 spiro atoms. The average Bonchev–Trinajstić information content (AvgIpc) is 3.90. The maximum atomic E-state index is 2.63. The van der Waals surface area contributed by atoms with Gasteiger partial charge in [0.1, 0.15) is 0 Å². The molecule has 0 aliphatic heterocycles. The van der Waals surface area contributed by atoms with Gasteiger partial charge in [0, 0.05) is 0 Å². The Morgan fingerprint density at radius 3 is 1.27 bits per heavy atom.